The number of fused-ring (bicyclic) bond motifs is 2. The van der Waals surface area contributed by atoms with Crippen LogP contribution in [-0.2, 0) is 22.6 Å². The van der Waals surface area contributed by atoms with Crippen LogP contribution in [0.1, 0.15) is 45.4 Å². The van der Waals surface area contributed by atoms with Crippen LogP contribution >= 0.6 is 0 Å². The summed E-state index contributed by atoms with van der Waals surface area (Å²) in [5.41, 5.74) is 1.13. The van der Waals surface area contributed by atoms with Gasteiger partial charge in [-0.15, -0.1) is 0 Å². The molecule has 144 valence electrons. The number of allylic oxidation sites excluding steroid dienone is 1. The molecule has 0 saturated carbocycles. The maximum absolute atomic E-state index is 12.3. The van der Waals surface area contributed by atoms with Gasteiger partial charge in [-0.1, -0.05) is 11.6 Å². The van der Waals surface area contributed by atoms with Crippen molar-refractivity contribution in [2.75, 3.05) is 0 Å². The molecule has 1 atom stereocenters. The first-order valence-electron chi connectivity index (χ1n) is 8.94. The predicted molar refractivity (Wildman–Crippen MR) is 101 cm³/mol. The van der Waals surface area contributed by atoms with Gasteiger partial charge < -0.3 is 19.0 Å². The number of carbonyl (C=O) groups excluding carboxylic acids is 1. The Morgan fingerprint density at radius 2 is 2.11 bits per heavy atom. The average Bonchev–Trinajstić information content (AvgIpc) is 2.60. The molecule has 1 aromatic carbocycles. The monoisotopic (exact) mass is 372 g/mol. The minimum atomic E-state index is -0.727. The van der Waals surface area contributed by atoms with Crippen molar-refractivity contribution in [3.63, 3.8) is 0 Å². The Morgan fingerprint density at radius 1 is 1.37 bits per heavy atom. The number of aliphatic hydroxyl groups excluding tert-OH is 1. The number of hydrogen-bond donors (Lipinski definition) is 1. The quantitative estimate of drug-likeness (QED) is 0.655. The molecule has 1 N–H and O–H groups in total. The van der Waals surface area contributed by atoms with Crippen LogP contribution in [0.4, 0.5) is 0 Å². The highest BCUT2D eigenvalue weighted by atomic mass is 16.6. The van der Waals surface area contributed by atoms with Crippen LogP contribution < -0.4 is 10.2 Å². The smallest absolute Gasteiger partial charge is 0.310 e. The molecule has 2 heterocycles. The summed E-state index contributed by atoms with van der Waals surface area (Å²) in [7, 11) is 0. The van der Waals surface area contributed by atoms with E-state index < -0.39 is 11.7 Å². The minimum Gasteiger partial charge on any atom is -0.484 e. The fourth-order valence-corrected chi connectivity index (χ4v) is 3.12. The van der Waals surface area contributed by atoms with Crippen LogP contribution in [0.15, 0.2) is 39.1 Å². The lowest BCUT2D eigenvalue weighted by atomic mass is 9.90. The lowest BCUT2D eigenvalue weighted by Crippen LogP contribution is -2.48. The number of benzene rings is 1. The Hall–Kier alpha value is -2.60. The van der Waals surface area contributed by atoms with Crippen molar-refractivity contribution in [1.29, 1.82) is 0 Å². The fraction of sp³-hybridized carbons (Fsp3) is 0.429. The molecular formula is C21H24O6. The molecule has 0 amide bonds. The first-order valence-corrected chi connectivity index (χ1v) is 8.94. The first-order chi connectivity index (χ1) is 12.7. The van der Waals surface area contributed by atoms with Gasteiger partial charge in [-0.05, 0) is 39.3 Å². The van der Waals surface area contributed by atoms with Crippen molar-refractivity contribution >= 4 is 16.9 Å². The second kappa shape index (κ2) is 7.19. The fourth-order valence-electron chi connectivity index (χ4n) is 3.12. The summed E-state index contributed by atoms with van der Waals surface area (Å²) in [4.78, 5) is 24.5. The standard InChI is InChI=1S/C21H24O6/c1-5-12(2)6-20(24)26-19-8-13-7-15-16(23)9-14(11-22)25-18(15)10-17(13)27-21(19,3)4/h5,7,9-10,19,22H,6,8,11H2,1-4H3/b12-5-. The van der Waals surface area contributed by atoms with Crippen molar-refractivity contribution in [2.45, 2.75) is 58.8 Å². The molecule has 1 unspecified atom stereocenters. The van der Waals surface area contributed by atoms with Crippen LogP contribution in [0.5, 0.6) is 5.75 Å². The molecule has 1 aliphatic heterocycles. The van der Waals surface area contributed by atoms with Gasteiger partial charge in [0.15, 0.2) is 5.43 Å². The van der Waals surface area contributed by atoms with Gasteiger partial charge in [-0.3, -0.25) is 9.59 Å². The third-order valence-electron chi connectivity index (χ3n) is 4.86. The molecule has 27 heavy (non-hydrogen) atoms. The van der Waals surface area contributed by atoms with E-state index in [2.05, 4.69) is 0 Å². The summed E-state index contributed by atoms with van der Waals surface area (Å²) in [6, 6.07) is 4.65. The van der Waals surface area contributed by atoms with Crippen LogP contribution in [0, 0.1) is 0 Å². The van der Waals surface area contributed by atoms with Crippen molar-refractivity contribution < 1.29 is 23.8 Å². The molecule has 0 aliphatic carbocycles. The summed E-state index contributed by atoms with van der Waals surface area (Å²) in [5, 5.41) is 9.63. The molecule has 0 spiro atoms. The lowest BCUT2D eigenvalue weighted by Gasteiger charge is -2.39. The van der Waals surface area contributed by atoms with Gasteiger partial charge in [-0.25, -0.2) is 0 Å². The van der Waals surface area contributed by atoms with E-state index in [1.54, 1.807) is 12.1 Å². The van der Waals surface area contributed by atoms with Crippen molar-refractivity contribution in [1.82, 2.24) is 0 Å². The van der Waals surface area contributed by atoms with Gasteiger partial charge >= 0.3 is 5.97 Å². The van der Waals surface area contributed by atoms with Crippen molar-refractivity contribution in [3.05, 3.63) is 51.4 Å². The Morgan fingerprint density at radius 3 is 2.78 bits per heavy atom. The third kappa shape index (κ3) is 3.90. The zero-order valence-electron chi connectivity index (χ0n) is 16.0. The lowest BCUT2D eigenvalue weighted by molar-refractivity contribution is -0.160. The number of aliphatic hydroxyl groups is 1. The molecule has 6 heteroatoms. The molecule has 1 aliphatic rings. The second-order valence-corrected chi connectivity index (χ2v) is 7.39. The molecule has 2 aromatic rings. The van der Waals surface area contributed by atoms with E-state index in [0.29, 0.717) is 23.1 Å². The van der Waals surface area contributed by atoms with Crippen LogP contribution in [0.25, 0.3) is 11.0 Å². The van der Waals surface area contributed by atoms with E-state index in [0.717, 1.165) is 11.1 Å². The number of ether oxygens (including phenoxy) is 2. The SMILES string of the molecule is C/C=C(/C)CC(=O)OC1Cc2cc3c(=O)cc(CO)oc3cc2OC1(C)C. The van der Waals surface area contributed by atoms with E-state index in [9.17, 15) is 14.7 Å². The van der Waals surface area contributed by atoms with E-state index in [1.165, 1.54) is 6.07 Å². The van der Waals surface area contributed by atoms with E-state index in [1.807, 2.05) is 33.8 Å². The van der Waals surface area contributed by atoms with Gasteiger partial charge in [0, 0.05) is 18.6 Å². The third-order valence-corrected chi connectivity index (χ3v) is 4.86. The van der Waals surface area contributed by atoms with Crippen molar-refractivity contribution in [2.24, 2.45) is 0 Å². The molecule has 0 radical (unpaired) electrons. The normalized spacial score (nSPS) is 18.7. The summed E-state index contributed by atoms with van der Waals surface area (Å²) >= 11 is 0. The maximum Gasteiger partial charge on any atom is 0.310 e. The summed E-state index contributed by atoms with van der Waals surface area (Å²) in [5.74, 6) is 0.486. The van der Waals surface area contributed by atoms with Crippen LogP contribution in [0.3, 0.4) is 0 Å². The van der Waals surface area contributed by atoms with Gasteiger partial charge in [-0.2, -0.15) is 0 Å². The van der Waals surface area contributed by atoms with E-state index in [4.69, 9.17) is 13.9 Å². The molecule has 1 aromatic heterocycles. The zero-order valence-corrected chi connectivity index (χ0v) is 16.0. The van der Waals surface area contributed by atoms with Gasteiger partial charge in [0.1, 0.15) is 35.4 Å². The zero-order chi connectivity index (χ0) is 19.8. The maximum atomic E-state index is 12.3. The largest absolute Gasteiger partial charge is 0.484 e. The average molecular weight is 372 g/mol. The van der Waals surface area contributed by atoms with Crippen LogP contribution in [-0.4, -0.2) is 22.8 Å². The van der Waals surface area contributed by atoms with E-state index in [-0.39, 0.29) is 30.2 Å². The minimum absolute atomic E-state index is 0.202. The Bertz CT molecular complexity index is 967. The molecule has 6 nitrogen and oxygen atoms in total. The Labute approximate surface area is 157 Å². The Balaban J connectivity index is 1.94. The molecule has 0 fully saturated rings. The highest BCUT2D eigenvalue weighted by molar-refractivity contribution is 5.80. The predicted octanol–water partition coefficient (Wildman–Crippen LogP) is 3.27. The number of carbonyl (C=O) groups is 1. The Kier molecular flexibility index (Phi) is 5.11. The molecule has 3 rings (SSSR count). The van der Waals surface area contributed by atoms with Crippen LogP contribution in [0.2, 0.25) is 0 Å². The number of hydrogen-bond acceptors (Lipinski definition) is 6. The summed E-state index contributed by atoms with van der Waals surface area (Å²) in [6.45, 7) is 7.14. The molecule has 0 bridgehead atoms. The number of esters is 1. The highest BCUT2D eigenvalue weighted by Crippen LogP contribution is 2.37. The summed E-state index contributed by atoms with van der Waals surface area (Å²) < 4.78 is 17.3. The van der Waals surface area contributed by atoms with E-state index >= 15 is 0 Å². The molecule has 0 saturated heterocycles. The first kappa shape index (κ1) is 19.2. The van der Waals surface area contributed by atoms with Crippen molar-refractivity contribution in [3.8, 4) is 5.75 Å². The summed E-state index contributed by atoms with van der Waals surface area (Å²) in [6.07, 6.45) is 2.09. The molecular weight excluding hydrogens is 348 g/mol. The topological polar surface area (TPSA) is 86.0 Å². The second-order valence-electron chi connectivity index (χ2n) is 7.39. The number of rotatable bonds is 4. The van der Waals surface area contributed by atoms with Gasteiger partial charge in [0.2, 0.25) is 0 Å². The van der Waals surface area contributed by atoms with Gasteiger partial charge in [0.25, 0.3) is 0 Å². The highest BCUT2D eigenvalue weighted by Gasteiger charge is 2.40. The van der Waals surface area contributed by atoms with Gasteiger partial charge in [0.05, 0.1) is 11.8 Å².